The first-order valence-corrected chi connectivity index (χ1v) is 12.6. The number of para-hydroxylation sites is 3. The van der Waals surface area contributed by atoms with Gasteiger partial charge in [0.05, 0.1) is 22.7 Å². The van der Waals surface area contributed by atoms with Crippen molar-refractivity contribution in [2.24, 2.45) is 5.92 Å². The van der Waals surface area contributed by atoms with Gasteiger partial charge in [0.15, 0.2) is 0 Å². The Morgan fingerprint density at radius 3 is 2.58 bits per heavy atom. The van der Waals surface area contributed by atoms with Crippen LogP contribution in [0.5, 0.6) is 5.75 Å². The van der Waals surface area contributed by atoms with Crippen molar-refractivity contribution in [3.63, 3.8) is 0 Å². The fraction of sp³-hybridized carbons (Fsp3) is 0.481. The molecule has 3 aromatic rings. The molecule has 0 radical (unpaired) electrons. The second kappa shape index (κ2) is 13.2. The van der Waals surface area contributed by atoms with Gasteiger partial charge < -0.3 is 14.6 Å². The molecular formula is C27H36ClN3O2. The van der Waals surface area contributed by atoms with Gasteiger partial charge in [0.25, 0.3) is 0 Å². The Kier molecular flexibility index (Phi) is 10.1. The zero-order valence-electron chi connectivity index (χ0n) is 19.9. The van der Waals surface area contributed by atoms with Gasteiger partial charge in [-0.2, -0.15) is 0 Å². The first kappa shape index (κ1) is 25.1. The number of hydrogen-bond acceptors (Lipinski definition) is 3. The fourth-order valence-corrected chi connectivity index (χ4v) is 4.32. The highest BCUT2D eigenvalue weighted by Crippen LogP contribution is 2.23. The molecule has 0 fully saturated rings. The first-order valence-electron chi connectivity index (χ1n) is 12.2. The summed E-state index contributed by atoms with van der Waals surface area (Å²) in [5, 5.41) is 3.73. The van der Waals surface area contributed by atoms with E-state index >= 15 is 0 Å². The molecule has 0 saturated heterocycles. The largest absolute Gasteiger partial charge is 0.492 e. The summed E-state index contributed by atoms with van der Waals surface area (Å²) in [7, 11) is 0. The van der Waals surface area contributed by atoms with Crippen molar-refractivity contribution in [3.05, 3.63) is 59.4 Å². The number of amides is 1. The molecule has 6 heteroatoms. The maximum Gasteiger partial charge on any atom is 0.223 e. The van der Waals surface area contributed by atoms with Crippen molar-refractivity contribution in [2.45, 2.75) is 65.3 Å². The molecule has 1 amide bonds. The molecule has 33 heavy (non-hydrogen) atoms. The van der Waals surface area contributed by atoms with Crippen LogP contribution in [0.4, 0.5) is 0 Å². The van der Waals surface area contributed by atoms with Crippen LogP contribution in [0.1, 0.15) is 58.2 Å². The van der Waals surface area contributed by atoms with Crippen molar-refractivity contribution >= 4 is 28.5 Å². The highest BCUT2D eigenvalue weighted by atomic mass is 35.5. The van der Waals surface area contributed by atoms with E-state index in [0.717, 1.165) is 75.1 Å². The second-order valence-corrected chi connectivity index (χ2v) is 8.82. The lowest BCUT2D eigenvalue weighted by Gasteiger charge is -2.13. The third-order valence-corrected chi connectivity index (χ3v) is 6.40. The highest BCUT2D eigenvalue weighted by molar-refractivity contribution is 6.32. The van der Waals surface area contributed by atoms with Gasteiger partial charge in [-0.25, -0.2) is 4.98 Å². The van der Waals surface area contributed by atoms with Gasteiger partial charge in [0.2, 0.25) is 5.91 Å². The number of carbonyl (C=O) groups is 1. The fourth-order valence-electron chi connectivity index (χ4n) is 4.13. The molecular weight excluding hydrogens is 434 g/mol. The number of benzene rings is 2. The molecule has 0 saturated carbocycles. The number of ether oxygens (including phenoxy) is 1. The quantitative estimate of drug-likeness (QED) is 0.277. The number of unbranched alkanes of at least 4 members (excludes halogenated alkanes) is 2. The van der Waals surface area contributed by atoms with Crippen LogP contribution in [0.3, 0.4) is 0 Å². The van der Waals surface area contributed by atoms with Crippen LogP contribution in [0, 0.1) is 5.92 Å². The van der Waals surface area contributed by atoms with Gasteiger partial charge in [0, 0.05) is 25.4 Å². The number of aryl methyl sites for hydroxylation is 2. The van der Waals surface area contributed by atoms with Crippen molar-refractivity contribution in [3.8, 4) is 5.75 Å². The molecule has 0 aliphatic carbocycles. The van der Waals surface area contributed by atoms with E-state index in [1.807, 2.05) is 30.3 Å². The van der Waals surface area contributed by atoms with E-state index in [2.05, 4.69) is 41.9 Å². The maximum atomic E-state index is 12.1. The molecule has 0 aliphatic heterocycles. The average molecular weight is 470 g/mol. The number of carbonyl (C=O) groups excluding carboxylic acids is 1. The minimum Gasteiger partial charge on any atom is -0.492 e. The topological polar surface area (TPSA) is 56.2 Å². The Morgan fingerprint density at radius 1 is 1.03 bits per heavy atom. The second-order valence-electron chi connectivity index (χ2n) is 8.42. The van der Waals surface area contributed by atoms with Gasteiger partial charge in [-0.1, -0.05) is 56.1 Å². The lowest BCUT2D eigenvalue weighted by atomic mass is 10.0. The molecule has 1 N–H and O–H groups in total. The van der Waals surface area contributed by atoms with Crippen LogP contribution in [-0.2, 0) is 17.8 Å². The molecule has 0 atom stereocenters. The van der Waals surface area contributed by atoms with Gasteiger partial charge in [-0.15, -0.1) is 0 Å². The van der Waals surface area contributed by atoms with Crippen molar-refractivity contribution < 1.29 is 9.53 Å². The van der Waals surface area contributed by atoms with Crippen molar-refractivity contribution in [2.75, 3.05) is 13.2 Å². The van der Waals surface area contributed by atoms with Crippen LogP contribution in [0.25, 0.3) is 11.0 Å². The summed E-state index contributed by atoms with van der Waals surface area (Å²) in [6.07, 6.45) is 6.74. The van der Waals surface area contributed by atoms with Crippen LogP contribution >= 0.6 is 11.6 Å². The molecule has 0 aliphatic rings. The van der Waals surface area contributed by atoms with E-state index < -0.39 is 0 Å². The molecule has 0 unspecified atom stereocenters. The molecule has 0 spiro atoms. The lowest BCUT2D eigenvalue weighted by molar-refractivity contribution is -0.125. The zero-order chi connectivity index (χ0) is 23.5. The molecule has 1 aromatic heterocycles. The van der Waals surface area contributed by atoms with E-state index in [4.69, 9.17) is 21.3 Å². The molecule has 3 rings (SSSR count). The van der Waals surface area contributed by atoms with Gasteiger partial charge in [0.1, 0.15) is 11.6 Å². The van der Waals surface area contributed by atoms with Gasteiger partial charge in [-0.3, -0.25) is 4.79 Å². The standard InChI is InChI=1S/C27H36ClN3O2/c1-3-21(4-2)27(32)29-18-11-5-6-17-26-30-23-14-8-9-15-24(23)31(26)19-12-20-33-25-16-10-7-13-22(25)28/h7-10,13-16,21H,3-6,11-12,17-20H2,1-2H3,(H,29,32). The normalized spacial score (nSPS) is 11.3. The summed E-state index contributed by atoms with van der Waals surface area (Å²) in [6.45, 7) is 6.36. The Balaban J connectivity index is 1.48. The first-order chi connectivity index (χ1) is 16.1. The van der Waals surface area contributed by atoms with Crippen LogP contribution < -0.4 is 10.1 Å². The number of aromatic nitrogens is 2. The monoisotopic (exact) mass is 469 g/mol. The number of halogens is 1. The third kappa shape index (κ3) is 7.23. The predicted octanol–water partition coefficient (Wildman–Crippen LogP) is 6.42. The van der Waals surface area contributed by atoms with E-state index in [1.165, 1.54) is 5.52 Å². The summed E-state index contributed by atoms with van der Waals surface area (Å²) >= 11 is 6.18. The average Bonchev–Trinajstić information content (AvgIpc) is 3.18. The van der Waals surface area contributed by atoms with E-state index in [-0.39, 0.29) is 11.8 Å². The highest BCUT2D eigenvalue weighted by Gasteiger charge is 2.13. The summed E-state index contributed by atoms with van der Waals surface area (Å²) in [5.74, 6) is 2.19. The minimum absolute atomic E-state index is 0.145. The number of imidazole rings is 1. The summed E-state index contributed by atoms with van der Waals surface area (Å²) in [4.78, 5) is 17.0. The van der Waals surface area contributed by atoms with Crippen LogP contribution in [0.2, 0.25) is 5.02 Å². The molecule has 178 valence electrons. The maximum absolute atomic E-state index is 12.1. The lowest BCUT2D eigenvalue weighted by Crippen LogP contribution is -2.30. The summed E-state index contributed by atoms with van der Waals surface area (Å²) in [5.41, 5.74) is 2.21. The summed E-state index contributed by atoms with van der Waals surface area (Å²) in [6, 6.07) is 15.9. The minimum atomic E-state index is 0.145. The number of nitrogens with one attached hydrogen (secondary N) is 1. The van der Waals surface area contributed by atoms with E-state index in [0.29, 0.717) is 11.6 Å². The van der Waals surface area contributed by atoms with Crippen LogP contribution in [0.15, 0.2) is 48.5 Å². The van der Waals surface area contributed by atoms with Gasteiger partial charge >= 0.3 is 0 Å². The summed E-state index contributed by atoms with van der Waals surface area (Å²) < 4.78 is 8.18. The van der Waals surface area contributed by atoms with Crippen molar-refractivity contribution in [1.29, 1.82) is 0 Å². The van der Waals surface area contributed by atoms with Crippen LogP contribution in [-0.4, -0.2) is 28.6 Å². The van der Waals surface area contributed by atoms with Gasteiger partial charge in [-0.05, 0) is 56.4 Å². The zero-order valence-corrected chi connectivity index (χ0v) is 20.6. The molecule has 2 aromatic carbocycles. The molecule has 5 nitrogen and oxygen atoms in total. The number of nitrogens with zero attached hydrogens (tertiary/aromatic N) is 2. The van der Waals surface area contributed by atoms with E-state index in [1.54, 1.807) is 0 Å². The number of fused-ring (bicyclic) bond motifs is 1. The van der Waals surface area contributed by atoms with E-state index in [9.17, 15) is 4.79 Å². The number of rotatable bonds is 14. The Labute approximate surface area is 202 Å². The molecule has 1 heterocycles. The Bertz CT molecular complexity index is 1010. The Morgan fingerprint density at radius 2 is 1.79 bits per heavy atom. The Hall–Kier alpha value is -2.53. The third-order valence-electron chi connectivity index (χ3n) is 6.09. The van der Waals surface area contributed by atoms with Crippen molar-refractivity contribution in [1.82, 2.24) is 14.9 Å². The smallest absolute Gasteiger partial charge is 0.223 e. The molecule has 0 bridgehead atoms. The number of hydrogen-bond donors (Lipinski definition) is 1. The predicted molar refractivity (Wildman–Crippen MR) is 136 cm³/mol. The SMILES string of the molecule is CCC(CC)C(=O)NCCCCCc1nc2ccccc2n1CCCOc1ccccc1Cl.